The Morgan fingerprint density at radius 1 is 1.07 bits per heavy atom. The van der Waals surface area contributed by atoms with Crippen molar-refractivity contribution >= 4 is 11.8 Å². The van der Waals surface area contributed by atoms with Gasteiger partial charge in [-0.1, -0.05) is 26.7 Å². The Labute approximate surface area is 85.8 Å². The first-order valence-electron chi connectivity index (χ1n) is 5.38. The lowest BCUT2D eigenvalue weighted by atomic mass is 10.2. The maximum absolute atomic E-state index is 11.0. The lowest BCUT2D eigenvalue weighted by Crippen LogP contribution is -2.11. The van der Waals surface area contributed by atoms with Gasteiger partial charge in [0, 0.05) is 6.42 Å². The molecule has 0 aromatic rings. The third-order valence-corrected chi connectivity index (χ3v) is 1.88. The minimum atomic E-state index is -0.375. The number of ether oxygens (including phenoxy) is 1. The van der Waals surface area contributed by atoms with E-state index in [2.05, 4.69) is 6.92 Å². The molecule has 0 aliphatic heterocycles. The Morgan fingerprint density at radius 2 is 1.79 bits per heavy atom. The molecule has 0 radical (unpaired) electrons. The van der Waals surface area contributed by atoms with Crippen LogP contribution in [0.25, 0.3) is 0 Å². The Morgan fingerprint density at radius 3 is 2.36 bits per heavy atom. The Bertz CT molecular complexity index is 175. The second kappa shape index (κ2) is 8.73. The molecule has 0 aromatic carbocycles. The maximum Gasteiger partial charge on any atom is 0.313 e. The number of unbranched alkanes of at least 4 members (excludes halogenated alkanes) is 2. The molecule has 0 unspecified atom stereocenters. The lowest BCUT2D eigenvalue weighted by Gasteiger charge is -2.02. The molecule has 0 rings (SSSR count). The standard InChI is InChI=1S/C11H20O3/c1-3-5-6-8-14-11(13)9-10(12)7-4-2/h3-9H2,1-2H3. The van der Waals surface area contributed by atoms with Crippen molar-refractivity contribution in [3.8, 4) is 0 Å². The first-order chi connectivity index (χ1) is 6.70. The van der Waals surface area contributed by atoms with Crippen molar-refractivity contribution in [1.82, 2.24) is 0 Å². The van der Waals surface area contributed by atoms with E-state index in [1.165, 1.54) is 0 Å². The summed E-state index contributed by atoms with van der Waals surface area (Å²) in [6.45, 7) is 4.46. The van der Waals surface area contributed by atoms with E-state index in [4.69, 9.17) is 4.74 Å². The highest BCUT2D eigenvalue weighted by molar-refractivity contribution is 5.95. The van der Waals surface area contributed by atoms with Crippen molar-refractivity contribution in [3.63, 3.8) is 0 Å². The molecule has 0 atom stereocenters. The number of rotatable bonds is 8. The topological polar surface area (TPSA) is 43.4 Å². The van der Waals surface area contributed by atoms with Gasteiger partial charge in [-0.2, -0.15) is 0 Å². The van der Waals surface area contributed by atoms with Gasteiger partial charge in [-0.25, -0.2) is 0 Å². The van der Waals surface area contributed by atoms with Gasteiger partial charge in [0.1, 0.15) is 12.2 Å². The van der Waals surface area contributed by atoms with Crippen molar-refractivity contribution in [2.24, 2.45) is 0 Å². The van der Waals surface area contributed by atoms with Crippen LogP contribution in [0.3, 0.4) is 0 Å². The highest BCUT2D eigenvalue weighted by Gasteiger charge is 2.08. The predicted molar refractivity (Wildman–Crippen MR) is 55.0 cm³/mol. The molecular formula is C11H20O3. The first-order valence-corrected chi connectivity index (χ1v) is 5.38. The summed E-state index contributed by atoms with van der Waals surface area (Å²) in [6, 6.07) is 0. The molecule has 0 N–H and O–H groups in total. The van der Waals surface area contributed by atoms with Crippen LogP contribution in [0, 0.1) is 0 Å². The zero-order chi connectivity index (χ0) is 10.8. The van der Waals surface area contributed by atoms with Crippen molar-refractivity contribution in [2.75, 3.05) is 6.61 Å². The molecule has 0 aliphatic carbocycles. The summed E-state index contributed by atoms with van der Waals surface area (Å²) < 4.78 is 4.90. The summed E-state index contributed by atoms with van der Waals surface area (Å²) in [5.41, 5.74) is 0. The quantitative estimate of drug-likeness (QED) is 0.343. The number of Topliss-reactive ketones (excluding diaryl/α,β-unsaturated/α-hetero) is 1. The maximum atomic E-state index is 11.0. The molecule has 14 heavy (non-hydrogen) atoms. The van der Waals surface area contributed by atoms with Gasteiger partial charge >= 0.3 is 5.97 Å². The molecule has 0 aromatic heterocycles. The van der Waals surface area contributed by atoms with Crippen LogP contribution in [-0.2, 0) is 14.3 Å². The molecule has 0 aliphatic rings. The molecule has 0 saturated carbocycles. The summed E-state index contributed by atoms with van der Waals surface area (Å²) >= 11 is 0. The van der Waals surface area contributed by atoms with Gasteiger partial charge in [-0.15, -0.1) is 0 Å². The fraction of sp³-hybridized carbons (Fsp3) is 0.818. The molecule has 3 heteroatoms. The summed E-state index contributed by atoms with van der Waals surface area (Å²) in [5.74, 6) is -0.396. The molecule has 0 bridgehead atoms. The molecule has 3 nitrogen and oxygen atoms in total. The van der Waals surface area contributed by atoms with E-state index in [-0.39, 0.29) is 18.2 Å². The second-order valence-corrected chi connectivity index (χ2v) is 3.39. The monoisotopic (exact) mass is 200 g/mol. The fourth-order valence-electron chi connectivity index (χ4n) is 1.12. The van der Waals surface area contributed by atoms with Crippen LogP contribution in [0.4, 0.5) is 0 Å². The van der Waals surface area contributed by atoms with Crippen molar-refractivity contribution in [3.05, 3.63) is 0 Å². The molecule has 0 heterocycles. The second-order valence-electron chi connectivity index (χ2n) is 3.39. The van der Waals surface area contributed by atoms with E-state index in [0.29, 0.717) is 13.0 Å². The fourth-order valence-corrected chi connectivity index (χ4v) is 1.12. The minimum absolute atomic E-state index is 0.0204. The smallest absolute Gasteiger partial charge is 0.313 e. The van der Waals surface area contributed by atoms with Crippen LogP contribution in [-0.4, -0.2) is 18.4 Å². The number of hydrogen-bond donors (Lipinski definition) is 0. The van der Waals surface area contributed by atoms with Crippen LogP contribution < -0.4 is 0 Å². The third-order valence-electron chi connectivity index (χ3n) is 1.88. The summed E-state index contributed by atoms with van der Waals surface area (Å²) in [5, 5.41) is 0. The van der Waals surface area contributed by atoms with E-state index < -0.39 is 0 Å². The van der Waals surface area contributed by atoms with E-state index >= 15 is 0 Å². The van der Waals surface area contributed by atoms with E-state index in [9.17, 15) is 9.59 Å². The van der Waals surface area contributed by atoms with E-state index in [0.717, 1.165) is 25.7 Å². The largest absolute Gasteiger partial charge is 0.465 e. The average Bonchev–Trinajstić information content (AvgIpc) is 2.13. The first kappa shape index (κ1) is 13.1. The Balaban J connectivity index is 3.40. The SMILES string of the molecule is CCCCCOC(=O)CC(=O)CCC. The average molecular weight is 200 g/mol. The van der Waals surface area contributed by atoms with Gasteiger partial charge in [0.15, 0.2) is 0 Å². The summed E-state index contributed by atoms with van der Waals surface area (Å²) in [6.07, 6.45) is 4.28. The van der Waals surface area contributed by atoms with Gasteiger partial charge in [0.05, 0.1) is 6.61 Å². The molecule has 0 spiro atoms. The minimum Gasteiger partial charge on any atom is -0.465 e. The molecule has 82 valence electrons. The molecule has 0 amide bonds. The van der Waals surface area contributed by atoms with Crippen LogP contribution in [0.15, 0.2) is 0 Å². The lowest BCUT2D eigenvalue weighted by molar-refractivity contribution is -0.146. The highest BCUT2D eigenvalue weighted by atomic mass is 16.5. The zero-order valence-electron chi connectivity index (χ0n) is 9.17. The Kier molecular flexibility index (Phi) is 8.19. The van der Waals surface area contributed by atoms with Gasteiger partial charge in [0.2, 0.25) is 0 Å². The van der Waals surface area contributed by atoms with Crippen LogP contribution >= 0.6 is 0 Å². The highest BCUT2D eigenvalue weighted by Crippen LogP contribution is 1.99. The van der Waals surface area contributed by atoms with Crippen LogP contribution in [0.1, 0.15) is 52.4 Å². The van der Waals surface area contributed by atoms with E-state index in [1.54, 1.807) is 0 Å². The number of ketones is 1. The molecular weight excluding hydrogens is 180 g/mol. The van der Waals surface area contributed by atoms with Gasteiger partial charge in [-0.3, -0.25) is 9.59 Å². The van der Waals surface area contributed by atoms with Crippen LogP contribution in [0.5, 0.6) is 0 Å². The van der Waals surface area contributed by atoms with Crippen molar-refractivity contribution in [1.29, 1.82) is 0 Å². The van der Waals surface area contributed by atoms with Gasteiger partial charge < -0.3 is 4.74 Å². The number of esters is 1. The molecule has 0 saturated heterocycles. The molecule has 0 fully saturated rings. The number of hydrogen-bond acceptors (Lipinski definition) is 3. The number of carbonyl (C=O) groups is 2. The normalized spacial score (nSPS) is 9.86. The van der Waals surface area contributed by atoms with Crippen molar-refractivity contribution in [2.45, 2.75) is 52.4 Å². The Hall–Kier alpha value is -0.860. The van der Waals surface area contributed by atoms with Crippen molar-refractivity contribution < 1.29 is 14.3 Å². The number of carbonyl (C=O) groups excluding carboxylic acids is 2. The zero-order valence-corrected chi connectivity index (χ0v) is 9.17. The predicted octanol–water partition coefficient (Wildman–Crippen LogP) is 2.48. The van der Waals surface area contributed by atoms with Gasteiger partial charge in [-0.05, 0) is 12.8 Å². The summed E-state index contributed by atoms with van der Waals surface area (Å²) in [7, 11) is 0. The third kappa shape index (κ3) is 7.77. The van der Waals surface area contributed by atoms with Gasteiger partial charge in [0.25, 0.3) is 0 Å². The summed E-state index contributed by atoms with van der Waals surface area (Å²) in [4.78, 5) is 22.1. The van der Waals surface area contributed by atoms with Crippen LogP contribution in [0.2, 0.25) is 0 Å². The van der Waals surface area contributed by atoms with E-state index in [1.807, 2.05) is 6.92 Å².